The Hall–Kier alpha value is -1.06. The minimum atomic E-state index is 0.0813. The predicted octanol–water partition coefficient (Wildman–Crippen LogP) is 1.26. The van der Waals surface area contributed by atoms with Crippen molar-refractivity contribution in [2.45, 2.75) is 0 Å². The molecule has 0 atom stereocenters. The molecule has 0 aliphatic heterocycles. The molecular formula is C9H11ClN2O. The molecule has 1 aromatic carbocycles. The Morgan fingerprint density at radius 1 is 1.38 bits per heavy atom. The smallest absolute Gasteiger partial charge is 0.0620 e. The van der Waals surface area contributed by atoms with Gasteiger partial charge in [-0.15, -0.1) is 0 Å². The van der Waals surface area contributed by atoms with Gasteiger partial charge in [0, 0.05) is 5.02 Å². The standard InChI is InChI=1S/C9H11ClN2O/c10-9-3-1-8(2-4-9)7-12-11-5-6-13/h1-4,7,11,13H,5-6H2/b12-7-. The van der Waals surface area contributed by atoms with Crippen LogP contribution >= 0.6 is 11.6 Å². The third kappa shape index (κ3) is 3.92. The summed E-state index contributed by atoms with van der Waals surface area (Å²) in [6.45, 7) is 0.544. The maximum atomic E-state index is 8.45. The van der Waals surface area contributed by atoms with E-state index in [2.05, 4.69) is 10.5 Å². The van der Waals surface area contributed by atoms with E-state index in [0.29, 0.717) is 11.6 Å². The number of hydrazone groups is 1. The number of aliphatic hydroxyl groups is 1. The van der Waals surface area contributed by atoms with Crippen LogP contribution in [0.25, 0.3) is 0 Å². The van der Waals surface area contributed by atoms with E-state index in [0.717, 1.165) is 5.56 Å². The molecule has 13 heavy (non-hydrogen) atoms. The first-order valence-electron chi connectivity index (χ1n) is 3.95. The van der Waals surface area contributed by atoms with Crippen molar-refractivity contribution in [3.8, 4) is 0 Å². The van der Waals surface area contributed by atoms with Crippen molar-refractivity contribution in [3.63, 3.8) is 0 Å². The number of hydrogen-bond acceptors (Lipinski definition) is 3. The minimum Gasteiger partial charge on any atom is -0.394 e. The average molecular weight is 199 g/mol. The van der Waals surface area contributed by atoms with Crippen LogP contribution in [0.1, 0.15) is 5.56 Å². The SMILES string of the molecule is OCCN/N=C\c1ccc(Cl)cc1. The Bertz CT molecular complexity index is 271. The molecule has 1 aromatic rings. The topological polar surface area (TPSA) is 44.6 Å². The monoisotopic (exact) mass is 198 g/mol. The molecule has 0 spiro atoms. The summed E-state index contributed by atoms with van der Waals surface area (Å²) in [6, 6.07) is 7.34. The molecule has 0 saturated carbocycles. The second-order valence-electron chi connectivity index (χ2n) is 2.44. The van der Waals surface area contributed by atoms with Crippen molar-refractivity contribution in [1.29, 1.82) is 0 Å². The van der Waals surface area contributed by atoms with Crippen molar-refractivity contribution in [2.75, 3.05) is 13.2 Å². The fraction of sp³-hybridized carbons (Fsp3) is 0.222. The Balaban J connectivity index is 2.44. The van der Waals surface area contributed by atoms with Crippen molar-refractivity contribution >= 4 is 17.8 Å². The summed E-state index contributed by atoms with van der Waals surface area (Å²) >= 11 is 5.70. The van der Waals surface area contributed by atoms with E-state index in [1.165, 1.54) is 0 Å². The van der Waals surface area contributed by atoms with Gasteiger partial charge in [0.25, 0.3) is 0 Å². The summed E-state index contributed by atoms with van der Waals surface area (Å²) in [5.74, 6) is 0. The van der Waals surface area contributed by atoms with E-state index in [1.54, 1.807) is 18.3 Å². The Morgan fingerprint density at radius 3 is 2.69 bits per heavy atom. The molecule has 0 amide bonds. The molecule has 3 nitrogen and oxygen atoms in total. The van der Waals surface area contributed by atoms with Gasteiger partial charge in [-0.2, -0.15) is 5.10 Å². The molecule has 0 unspecified atom stereocenters. The van der Waals surface area contributed by atoms with Gasteiger partial charge in [-0.05, 0) is 17.7 Å². The molecule has 1 rings (SSSR count). The van der Waals surface area contributed by atoms with E-state index >= 15 is 0 Å². The van der Waals surface area contributed by atoms with Crippen molar-refractivity contribution < 1.29 is 5.11 Å². The Morgan fingerprint density at radius 2 is 2.08 bits per heavy atom. The molecule has 4 heteroatoms. The lowest BCUT2D eigenvalue weighted by atomic mass is 10.2. The van der Waals surface area contributed by atoms with Gasteiger partial charge in [-0.25, -0.2) is 0 Å². The number of rotatable bonds is 4. The third-order valence-corrected chi connectivity index (χ3v) is 1.65. The molecular weight excluding hydrogens is 188 g/mol. The zero-order chi connectivity index (χ0) is 9.52. The minimum absolute atomic E-state index is 0.0813. The zero-order valence-corrected chi connectivity index (χ0v) is 7.83. The number of halogens is 1. The molecule has 0 bridgehead atoms. The van der Waals surface area contributed by atoms with E-state index in [4.69, 9.17) is 16.7 Å². The quantitative estimate of drug-likeness (QED) is 0.435. The van der Waals surface area contributed by atoms with E-state index in [9.17, 15) is 0 Å². The number of benzene rings is 1. The van der Waals surface area contributed by atoms with E-state index in [-0.39, 0.29) is 6.61 Å². The normalized spacial score (nSPS) is 10.6. The Labute approximate surface area is 82.0 Å². The fourth-order valence-electron chi connectivity index (χ4n) is 0.784. The van der Waals surface area contributed by atoms with Crippen LogP contribution in [0.3, 0.4) is 0 Å². The second kappa shape index (κ2) is 5.56. The van der Waals surface area contributed by atoms with Gasteiger partial charge < -0.3 is 10.5 Å². The molecule has 2 N–H and O–H groups in total. The number of nitrogens with zero attached hydrogens (tertiary/aromatic N) is 1. The molecule has 0 aliphatic rings. The average Bonchev–Trinajstić information content (AvgIpc) is 2.15. The largest absolute Gasteiger partial charge is 0.394 e. The van der Waals surface area contributed by atoms with Crippen LogP contribution < -0.4 is 5.43 Å². The summed E-state index contributed by atoms with van der Waals surface area (Å²) in [6.07, 6.45) is 1.67. The summed E-state index contributed by atoms with van der Waals surface area (Å²) in [7, 11) is 0. The molecule has 0 heterocycles. The van der Waals surface area contributed by atoms with Crippen LogP contribution in [0.2, 0.25) is 5.02 Å². The highest BCUT2D eigenvalue weighted by atomic mass is 35.5. The lowest BCUT2D eigenvalue weighted by molar-refractivity contribution is 0.294. The summed E-state index contributed by atoms with van der Waals surface area (Å²) in [5, 5.41) is 13.0. The molecule has 70 valence electrons. The number of aliphatic hydroxyl groups excluding tert-OH is 1. The van der Waals surface area contributed by atoms with Gasteiger partial charge >= 0.3 is 0 Å². The lowest BCUT2D eigenvalue weighted by Crippen LogP contribution is -2.11. The highest BCUT2D eigenvalue weighted by Gasteiger charge is 1.87. The van der Waals surface area contributed by atoms with Gasteiger partial charge in [-0.3, -0.25) is 0 Å². The molecule has 0 fully saturated rings. The molecule has 0 aromatic heterocycles. The first-order valence-corrected chi connectivity index (χ1v) is 4.33. The zero-order valence-electron chi connectivity index (χ0n) is 7.07. The second-order valence-corrected chi connectivity index (χ2v) is 2.88. The van der Waals surface area contributed by atoms with Crippen molar-refractivity contribution in [1.82, 2.24) is 5.43 Å². The lowest BCUT2D eigenvalue weighted by Gasteiger charge is -1.95. The summed E-state index contributed by atoms with van der Waals surface area (Å²) < 4.78 is 0. The van der Waals surface area contributed by atoms with Crippen molar-refractivity contribution in [3.05, 3.63) is 34.9 Å². The van der Waals surface area contributed by atoms with Gasteiger partial charge in [0.1, 0.15) is 0 Å². The van der Waals surface area contributed by atoms with E-state index < -0.39 is 0 Å². The van der Waals surface area contributed by atoms with Gasteiger partial charge in [0.15, 0.2) is 0 Å². The number of hydrogen-bond donors (Lipinski definition) is 2. The fourth-order valence-corrected chi connectivity index (χ4v) is 0.910. The van der Waals surface area contributed by atoms with Crippen LogP contribution in [0.4, 0.5) is 0 Å². The molecule has 0 radical (unpaired) electrons. The van der Waals surface area contributed by atoms with Crippen molar-refractivity contribution in [2.24, 2.45) is 5.10 Å². The number of nitrogens with one attached hydrogen (secondary N) is 1. The maximum Gasteiger partial charge on any atom is 0.0620 e. The summed E-state index contributed by atoms with van der Waals surface area (Å²) in [5.41, 5.74) is 3.65. The summed E-state index contributed by atoms with van der Waals surface area (Å²) in [4.78, 5) is 0. The van der Waals surface area contributed by atoms with Crippen LogP contribution in [-0.4, -0.2) is 24.5 Å². The van der Waals surface area contributed by atoms with Gasteiger partial charge in [-0.1, -0.05) is 23.7 Å². The Kier molecular flexibility index (Phi) is 4.29. The highest BCUT2D eigenvalue weighted by Crippen LogP contribution is 2.07. The van der Waals surface area contributed by atoms with Crippen LogP contribution in [0, 0.1) is 0 Å². The molecule has 0 saturated heterocycles. The predicted molar refractivity (Wildman–Crippen MR) is 54.1 cm³/mol. The van der Waals surface area contributed by atoms with Gasteiger partial charge in [0.05, 0.1) is 19.4 Å². The van der Waals surface area contributed by atoms with Crippen LogP contribution in [0.15, 0.2) is 29.4 Å². The third-order valence-electron chi connectivity index (χ3n) is 1.40. The van der Waals surface area contributed by atoms with E-state index in [1.807, 2.05) is 12.1 Å². The van der Waals surface area contributed by atoms with Crippen LogP contribution in [-0.2, 0) is 0 Å². The maximum absolute atomic E-state index is 8.45. The first-order chi connectivity index (χ1) is 6.33. The highest BCUT2D eigenvalue weighted by molar-refractivity contribution is 6.30. The first kappa shape index (κ1) is 10.0. The molecule has 0 aliphatic carbocycles. The van der Waals surface area contributed by atoms with Gasteiger partial charge in [0.2, 0.25) is 0 Å². The van der Waals surface area contributed by atoms with Crippen LogP contribution in [0.5, 0.6) is 0 Å².